The molecule has 1 atom stereocenters. The van der Waals surface area contributed by atoms with Gasteiger partial charge < -0.3 is 5.73 Å². The first-order chi connectivity index (χ1) is 9.08. The largest absolute Gasteiger partial charge is 0.330 e. The summed E-state index contributed by atoms with van der Waals surface area (Å²) in [5, 5.41) is -0.351. The minimum atomic E-state index is -3.40. The van der Waals surface area contributed by atoms with Gasteiger partial charge in [-0.15, -0.1) is 0 Å². The smallest absolute Gasteiger partial charge is 0.270 e. The summed E-state index contributed by atoms with van der Waals surface area (Å²) >= 11 is 0. The van der Waals surface area contributed by atoms with Crippen LogP contribution in [0.4, 0.5) is 0 Å². The summed E-state index contributed by atoms with van der Waals surface area (Å²) in [6.45, 7) is 4.78. The molecule has 0 amide bonds. The second-order valence-electron chi connectivity index (χ2n) is 5.04. The van der Waals surface area contributed by atoms with Crippen molar-refractivity contribution in [3.8, 4) is 0 Å². The number of nitrogens with two attached hydrogens (primary N) is 1. The molecule has 0 fully saturated rings. The zero-order chi connectivity index (χ0) is 14.6. The molecule has 116 valence electrons. The number of hydrogen-bond acceptors (Lipinski definition) is 4. The van der Waals surface area contributed by atoms with E-state index in [4.69, 9.17) is 9.92 Å². The Bertz CT molecular complexity index is 291. The van der Waals surface area contributed by atoms with Gasteiger partial charge in [-0.1, -0.05) is 52.4 Å². The summed E-state index contributed by atoms with van der Waals surface area (Å²) in [7, 11) is -3.40. The van der Waals surface area contributed by atoms with E-state index in [2.05, 4.69) is 6.92 Å². The van der Waals surface area contributed by atoms with Gasteiger partial charge in [0.2, 0.25) is 0 Å². The first-order valence-electron chi connectivity index (χ1n) is 7.66. The first kappa shape index (κ1) is 18.9. The third-order valence-electron chi connectivity index (χ3n) is 3.34. The molecule has 0 aromatic carbocycles. The van der Waals surface area contributed by atoms with E-state index >= 15 is 0 Å². The number of unbranched alkanes of at least 4 members (excludes halogenated alkanes) is 5. The van der Waals surface area contributed by atoms with Crippen molar-refractivity contribution in [2.75, 3.05) is 13.2 Å². The Balaban J connectivity index is 3.91. The second kappa shape index (κ2) is 11.7. The molecule has 0 aliphatic heterocycles. The van der Waals surface area contributed by atoms with E-state index in [1.165, 1.54) is 25.7 Å². The molecule has 4 nitrogen and oxygen atoms in total. The van der Waals surface area contributed by atoms with Crippen LogP contribution in [-0.4, -0.2) is 26.8 Å². The minimum Gasteiger partial charge on any atom is -0.330 e. The van der Waals surface area contributed by atoms with Crippen molar-refractivity contribution in [2.45, 2.75) is 76.9 Å². The van der Waals surface area contributed by atoms with Crippen LogP contribution in [0.1, 0.15) is 71.6 Å². The van der Waals surface area contributed by atoms with E-state index in [9.17, 15) is 8.42 Å². The van der Waals surface area contributed by atoms with Crippen LogP contribution >= 0.6 is 0 Å². The van der Waals surface area contributed by atoms with E-state index in [1.54, 1.807) is 0 Å². The first-order valence-corrected chi connectivity index (χ1v) is 9.13. The van der Waals surface area contributed by atoms with Crippen molar-refractivity contribution >= 4 is 10.1 Å². The maximum atomic E-state index is 11.9. The molecule has 0 bridgehead atoms. The molecule has 2 N–H and O–H groups in total. The van der Waals surface area contributed by atoms with Gasteiger partial charge in [0.05, 0.1) is 11.9 Å². The van der Waals surface area contributed by atoms with Gasteiger partial charge in [0.15, 0.2) is 0 Å². The Kier molecular flexibility index (Phi) is 11.6. The predicted octanol–water partition coefficient (Wildman–Crippen LogP) is 3.21. The molecule has 0 aromatic heterocycles. The summed E-state index contributed by atoms with van der Waals surface area (Å²) < 4.78 is 28.9. The molecule has 0 aliphatic carbocycles. The maximum Gasteiger partial charge on any atom is 0.270 e. The van der Waals surface area contributed by atoms with Gasteiger partial charge in [-0.25, -0.2) is 0 Å². The normalized spacial score (nSPS) is 13.6. The van der Waals surface area contributed by atoms with Crippen LogP contribution in [0.3, 0.4) is 0 Å². The quantitative estimate of drug-likeness (QED) is 0.418. The Labute approximate surface area is 119 Å². The van der Waals surface area contributed by atoms with Crippen molar-refractivity contribution in [1.29, 1.82) is 0 Å². The number of hydrogen-bond donors (Lipinski definition) is 1. The van der Waals surface area contributed by atoms with Crippen LogP contribution in [0, 0.1) is 0 Å². The molecule has 0 aromatic rings. The highest BCUT2D eigenvalue weighted by molar-refractivity contribution is 7.87. The van der Waals surface area contributed by atoms with Gasteiger partial charge in [0, 0.05) is 0 Å². The molecule has 0 saturated carbocycles. The molecule has 0 rings (SSSR count). The average Bonchev–Trinajstić information content (AvgIpc) is 2.38. The van der Waals surface area contributed by atoms with Gasteiger partial charge in [0.1, 0.15) is 0 Å². The van der Waals surface area contributed by atoms with Gasteiger partial charge in [-0.2, -0.15) is 8.42 Å². The molecular weight excluding hydrogens is 262 g/mol. The average molecular weight is 293 g/mol. The molecule has 0 aliphatic rings. The molecule has 0 saturated heterocycles. The third kappa shape index (κ3) is 9.41. The monoisotopic (exact) mass is 293 g/mol. The van der Waals surface area contributed by atoms with Crippen molar-refractivity contribution in [2.24, 2.45) is 5.73 Å². The van der Waals surface area contributed by atoms with Crippen LogP contribution in [0.2, 0.25) is 0 Å². The van der Waals surface area contributed by atoms with Crippen LogP contribution in [0.25, 0.3) is 0 Å². The highest BCUT2D eigenvalue weighted by Gasteiger charge is 2.23. The second-order valence-corrected chi connectivity index (χ2v) is 6.93. The highest BCUT2D eigenvalue weighted by atomic mass is 32.2. The van der Waals surface area contributed by atoms with Crippen LogP contribution < -0.4 is 5.73 Å². The Hall–Kier alpha value is -0.130. The molecule has 0 spiro atoms. The summed E-state index contributed by atoms with van der Waals surface area (Å²) in [6, 6.07) is 0. The van der Waals surface area contributed by atoms with Crippen LogP contribution in [0.5, 0.6) is 0 Å². The predicted molar refractivity (Wildman–Crippen MR) is 80.6 cm³/mol. The lowest BCUT2D eigenvalue weighted by atomic mass is 10.1. The molecule has 0 heterocycles. The lowest BCUT2D eigenvalue weighted by molar-refractivity contribution is 0.305. The fourth-order valence-electron chi connectivity index (χ4n) is 2.06. The van der Waals surface area contributed by atoms with Gasteiger partial charge in [0.25, 0.3) is 10.1 Å². The third-order valence-corrected chi connectivity index (χ3v) is 5.22. The van der Waals surface area contributed by atoms with Crippen molar-refractivity contribution in [1.82, 2.24) is 0 Å². The van der Waals surface area contributed by atoms with Crippen LogP contribution in [-0.2, 0) is 14.3 Å². The van der Waals surface area contributed by atoms with E-state index < -0.39 is 10.1 Å². The summed E-state index contributed by atoms with van der Waals surface area (Å²) in [6.07, 6.45) is 9.00. The van der Waals surface area contributed by atoms with E-state index in [-0.39, 0.29) is 11.9 Å². The zero-order valence-electron chi connectivity index (χ0n) is 12.6. The van der Waals surface area contributed by atoms with Gasteiger partial charge in [-0.05, 0) is 25.8 Å². The van der Waals surface area contributed by atoms with Gasteiger partial charge in [-0.3, -0.25) is 4.18 Å². The zero-order valence-corrected chi connectivity index (χ0v) is 13.4. The maximum absolute atomic E-state index is 11.9. The standard InChI is InChI=1S/C14H31NO3S/c1-3-5-6-7-8-9-11-14(4-2)19(16,17)18-13-10-12-15/h14H,3-13,15H2,1-2H3. The number of rotatable bonds is 13. The highest BCUT2D eigenvalue weighted by Crippen LogP contribution is 2.17. The lowest BCUT2D eigenvalue weighted by Gasteiger charge is -2.15. The molecule has 0 radical (unpaired) electrons. The minimum absolute atomic E-state index is 0.214. The molecule has 1 unspecified atom stereocenters. The Morgan fingerprint density at radius 2 is 1.63 bits per heavy atom. The SMILES string of the molecule is CCCCCCCCC(CC)S(=O)(=O)OCCCN. The van der Waals surface area contributed by atoms with Crippen molar-refractivity contribution in [3.63, 3.8) is 0 Å². The summed E-state index contributed by atoms with van der Waals surface area (Å²) in [4.78, 5) is 0. The molecular formula is C14H31NO3S. The van der Waals surface area contributed by atoms with E-state index in [1.807, 2.05) is 6.92 Å². The Morgan fingerprint density at radius 3 is 2.21 bits per heavy atom. The summed E-state index contributed by atoms with van der Waals surface area (Å²) in [5.41, 5.74) is 5.33. The molecule has 19 heavy (non-hydrogen) atoms. The van der Waals surface area contributed by atoms with E-state index in [0.29, 0.717) is 25.8 Å². The summed E-state index contributed by atoms with van der Waals surface area (Å²) in [5.74, 6) is 0. The van der Waals surface area contributed by atoms with Crippen molar-refractivity contribution < 1.29 is 12.6 Å². The van der Waals surface area contributed by atoms with E-state index in [0.717, 1.165) is 12.8 Å². The van der Waals surface area contributed by atoms with Crippen molar-refractivity contribution in [3.05, 3.63) is 0 Å². The lowest BCUT2D eigenvalue weighted by Crippen LogP contribution is -2.24. The fraction of sp³-hybridized carbons (Fsp3) is 1.00. The molecule has 5 heteroatoms. The van der Waals surface area contributed by atoms with Crippen LogP contribution in [0.15, 0.2) is 0 Å². The topological polar surface area (TPSA) is 69.4 Å². The van der Waals surface area contributed by atoms with Gasteiger partial charge >= 0.3 is 0 Å². The Morgan fingerprint density at radius 1 is 1.00 bits per heavy atom. The fourth-order valence-corrected chi connectivity index (χ4v) is 3.47.